The van der Waals surface area contributed by atoms with E-state index >= 15 is 0 Å². The van der Waals surface area contributed by atoms with Crippen LogP contribution in [0.2, 0.25) is 0 Å². The van der Waals surface area contributed by atoms with Gasteiger partial charge in [0.05, 0.1) is 6.61 Å². The van der Waals surface area contributed by atoms with Crippen molar-refractivity contribution in [1.82, 2.24) is 5.32 Å². The van der Waals surface area contributed by atoms with Crippen molar-refractivity contribution in [3.63, 3.8) is 0 Å². The summed E-state index contributed by atoms with van der Waals surface area (Å²) in [6.45, 7) is -0.124. The molecule has 2 aromatic carbocycles. The topological polar surface area (TPSA) is 32.3 Å². The summed E-state index contributed by atoms with van der Waals surface area (Å²) in [4.78, 5) is 0. The molecule has 0 radical (unpaired) electrons. The molecule has 5 heteroatoms. The van der Waals surface area contributed by atoms with Crippen LogP contribution in [0.3, 0.4) is 0 Å². The molecule has 2 rings (SSSR count). The molecule has 21 heavy (non-hydrogen) atoms. The van der Waals surface area contributed by atoms with E-state index < -0.39 is 17.5 Å². The van der Waals surface area contributed by atoms with E-state index in [1.54, 1.807) is 0 Å². The molecule has 0 aliphatic rings. The van der Waals surface area contributed by atoms with Crippen molar-refractivity contribution in [2.75, 3.05) is 6.61 Å². The SMILES string of the molecule is OCC(Cc1ccccc1)NCc1cc(F)c(F)cc1F. The number of benzene rings is 2. The number of hydrogen-bond acceptors (Lipinski definition) is 2. The number of aliphatic hydroxyl groups is 1. The highest BCUT2D eigenvalue weighted by atomic mass is 19.2. The third-order valence-corrected chi connectivity index (χ3v) is 3.22. The molecule has 1 unspecified atom stereocenters. The van der Waals surface area contributed by atoms with Gasteiger partial charge in [-0.1, -0.05) is 30.3 Å². The number of aliphatic hydroxyl groups excluding tert-OH is 1. The van der Waals surface area contributed by atoms with Crippen LogP contribution in [0, 0.1) is 17.5 Å². The quantitative estimate of drug-likeness (QED) is 0.803. The minimum Gasteiger partial charge on any atom is -0.395 e. The monoisotopic (exact) mass is 295 g/mol. The average molecular weight is 295 g/mol. The molecule has 0 saturated carbocycles. The third kappa shape index (κ3) is 4.31. The van der Waals surface area contributed by atoms with E-state index in [1.807, 2.05) is 30.3 Å². The Balaban J connectivity index is 1.99. The molecule has 0 spiro atoms. The highest BCUT2D eigenvalue weighted by Crippen LogP contribution is 2.14. The maximum Gasteiger partial charge on any atom is 0.161 e. The Bertz CT molecular complexity index is 590. The summed E-state index contributed by atoms with van der Waals surface area (Å²) >= 11 is 0. The van der Waals surface area contributed by atoms with E-state index in [2.05, 4.69) is 5.32 Å². The smallest absolute Gasteiger partial charge is 0.161 e. The maximum absolute atomic E-state index is 13.5. The zero-order chi connectivity index (χ0) is 15.2. The van der Waals surface area contributed by atoms with E-state index in [0.717, 1.165) is 11.6 Å². The van der Waals surface area contributed by atoms with Crippen molar-refractivity contribution in [2.45, 2.75) is 19.0 Å². The molecule has 0 fully saturated rings. The molecule has 112 valence electrons. The van der Waals surface area contributed by atoms with E-state index in [4.69, 9.17) is 0 Å². The van der Waals surface area contributed by atoms with Crippen LogP contribution in [0.15, 0.2) is 42.5 Å². The highest BCUT2D eigenvalue weighted by molar-refractivity contribution is 5.20. The van der Waals surface area contributed by atoms with Crippen LogP contribution in [-0.4, -0.2) is 17.8 Å². The van der Waals surface area contributed by atoms with E-state index in [-0.39, 0.29) is 24.8 Å². The van der Waals surface area contributed by atoms with Crippen molar-refractivity contribution in [1.29, 1.82) is 0 Å². The lowest BCUT2D eigenvalue weighted by molar-refractivity contribution is 0.240. The van der Waals surface area contributed by atoms with Gasteiger partial charge in [0.25, 0.3) is 0 Å². The second-order valence-electron chi connectivity index (χ2n) is 4.81. The van der Waals surface area contributed by atoms with Crippen LogP contribution in [-0.2, 0) is 13.0 Å². The van der Waals surface area contributed by atoms with Crippen molar-refractivity contribution >= 4 is 0 Å². The van der Waals surface area contributed by atoms with Gasteiger partial charge < -0.3 is 10.4 Å². The molecule has 1 atom stereocenters. The Hall–Kier alpha value is -1.85. The molecular formula is C16H16F3NO. The molecule has 0 bridgehead atoms. The second kappa shape index (κ2) is 7.24. The van der Waals surface area contributed by atoms with Crippen LogP contribution in [0.4, 0.5) is 13.2 Å². The first-order valence-corrected chi connectivity index (χ1v) is 6.61. The minimum absolute atomic E-state index is 0.0150. The van der Waals surface area contributed by atoms with Crippen molar-refractivity contribution in [3.05, 3.63) is 71.0 Å². The first kappa shape index (κ1) is 15.5. The van der Waals surface area contributed by atoms with Crippen LogP contribution in [0.25, 0.3) is 0 Å². The molecule has 0 aliphatic heterocycles. The van der Waals surface area contributed by atoms with Gasteiger partial charge in [-0.25, -0.2) is 13.2 Å². The molecule has 2 nitrogen and oxygen atoms in total. The zero-order valence-corrected chi connectivity index (χ0v) is 11.3. The van der Waals surface area contributed by atoms with E-state index in [9.17, 15) is 18.3 Å². The maximum atomic E-state index is 13.5. The zero-order valence-electron chi connectivity index (χ0n) is 11.3. The van der Waals surface area contributed by atoms with E-state index in [1.165, 1.54) is 0 Å². The third-order valence-electron chi connectivity index (χ3n) is 3.22. The van der Waals surface area contributed by atoms with Gasteiger partial charge >= 0.3 is 0 Å². The van der Waals surface area contributed by atoms with Crippen LogP contribution in [0.1, 0.15) is 11.1 Å². The lowest BCUT2D eigenvalue weighted by Crippen LogP contribution is -2.34. The Morgan fingerprint density at radius 2 is 1.62 bits per heavy atom. The fourth-order valence-corrected chi connectivity index (χ4v) is 2.05. The molecule has 0 aromatic heterocycles. The van der Waals surface area contributed by atoms with Crippen molar-refractivity contribution in [3.8, 4) is 0 Å². The summed E-state index contributed by atoms with van der Waals surface area (Å²) in [6, 6.07) is 10.6. The number of hydrogen-bond donors (Lipinski definition) is 2. The number of nitrogens with one attached hydrogen (secondary N) is 1. The summed E-state index contributed by atoms with van der Waals surface area (Å²) in [7, 11) is 0. The summed E-state index contributed by atoms with van der Waals surface area (Å²) < 4.78 is 39.4. The van der Waals surface area contributed by atoms with Crippen molar-refractivity contribution in [2.24, 2.45) is 0 Å². The summed E-state index contributed by atoms with van der Waals surface area (Å²) in [5.74, 6) is -3.10. The molecule has 0 aliphatic carbocycles. The normalized spacial score (nSPS) is 12.4. The van der Waals surface area contributed by atoms with Gasteiger partial charge in [-0.3, -0.25) is 0 Å². The molecule has 2 N–H and O–H groups in total. The largest absolute Gasteiger partial charge is 0.395 e. The lowest BCUT2D eigenvalue weighted by Gasteiger charge is -2.17. The van der Waals surface area contributed by atoms with Gasteiger partial charge in [0.1, 0.15) is 5.82 Å². The van der Waals surface area contributed by atoms with Gasteiger partial charge in [-0.05, 0) is 18.1 Å². The Morgan fingerprint density at radius 3 is 2.29 bits per heavy atom. The number of halogens is 3. The predicted molar refractivity (Wildman–Crippen MR) is 74.2 cm³/mol. The van der Waals surface area contributed by atoms with E-state index in [0.29, 0.717) is 12.5 Å². The van der Waals surface area contributed by atoms with Crippen LogP contribution >= 0.6 is 0 Å². The average Bonchev–Trinajstić information content (AvgIpc) is 2.49. The fourth-order valence-electron chi connectivity index (χ4n) is 2.05. The summed E-state index contributed by atoms with van der Waals surface area (Å²) in [5, 5.41) is 12.3. The van der Waals surface area contributed by atoms with Gasteiger partial charge in [-0.2, -0.15) is 0 Å². The molecule has 2 aromatic rings. The predicted octanol–water partition coefficient (Wildman–Crippen LogP) is 2.80. The van der Waals surface area contributed by atoms with Crippen molar-refractivity contribution < 1.29 is 18.3 Å². The first-order valence-electron chi connectivity index (χ1n) is 6.61. The molecule has 0 saturated heterocycles. The summed E-state index contributed by atoms with van der Waals surface area (Å²) in [5.41, 5.74) is 1.05. The minimum atomic E-state index is -1.21. The first-order chi connectivity index (χ1) is 10.1. The Labute approximate surface area is 121 Å². The van der Waals surface area contributed by atoms with Crippen LogP contribution in [0.5, 0.6) is 0 Å². The fraction of sp³-hybridized carbons (Fsp3) is 0.250. The van der Waals surface area contributed by atoms with Gasteiger partial charge in [0, 0.05) is 24.2 Å². The van der Waals surface area contributed by atoms with Gasteiger partial charge in [0.15, 0.2) is 11.6 Å². The highest BCUT2D eigenvalue weighted by Gasteiger charge is 2.12. The molecule has 0 heterocycles. The standard InChI is InChI=1S/C16H16F3NO/c17-14-8-16(19)15(18)7-12(14)9-20-13(10-21)6-11-4-2-1-3-5-11/h1-5,7-8,13,20-21H,6,9-10H2. The van der Waals surface area contributed by atoms with Gasteiger partial charge in [0.2, 0.25) is 0 Å². The lowest BCUT2D eigenvalue weighted by atomic mass is 10.1. The molecular weight excluding hydrogens is 279 g/mol. The van der Waals surface area contributed by atoms with Crippen LogP contribution < -0.4 is 5.32 Å². The number of rotatable bonds is 6. The Kier molecular flexibility index (Phi) is 5.36. The summed E-state index contributed by atoms with van der Waals surface area (Å²) in [6.07, 6.45) is 0.558. The van der Waals surface area contributed by atoms with Gasteiger partial charge in [-0.15, -0.1) is 0 Å². The Morgan fingerprint density at radius 1 is 0.952 bits per heavy atom. The molecule has 0 amide bonds. The second-order valence-corrected chi connectivity index (χ2v) is 4.81.